The molecule has 0 saturated carbocycles. The van der Waals surface area contributed by atoms with Gasteiger partial charge in [0.05, 0.1) is 22.8 Å². The van der Waals surface area contributed by atoms with Gasteiger partial charge in [0.25, 0.3) is 5.91 Å². The van der Waals surface area contributed by atoms with Gasteiger partial charge in [-0.25, -0.2) is 4.79 Å². The second kappa shape index (κ2) is 9.03. The van der Waals surface area contributed by atoms with E-state index < -0.39 is 0 Å². The van der Waals surface area contributed by atoms with E-state index in [-0.39, 0.29) is 17.6 Å². The van der Waals surface area contributed by atoms with Crippen LogP contribution >= 0.6 is 24.0 Å². The number of phenols is 1. The fourth-order valence-electron chi connectivity index (χ4n) is 2.55. The van der Waals surface area contributed by atoms with Crippen LogP contribution in [0.5, 0.6) is 5.75 Å². The molecule has 0 radical (unpaired) electrons. The van der Waals surface area contributed by atoms with Gasteiger partial charge in [0.15, 0.2) is 4.32 Å². The van der Waals surface area contributed by atoms with Gasteiger partial charge in [0.2, 0.25) is 0 Å². The van der Waals surface area contributed by atoms with E-state index in [1.165, 1.54) is 16.7 Å². The van der Waals surface area contributed by atoms with E-state index in [0.717, 1.165) is 18.4 Å². The molecular weight excluding hydrogens is 394 g/mol. The molecule has 0 atom stereocenters. The Labute approximate surface area is 173 Å². The van der Waals surface area contributed by atoms with Crippen molar-refractivity contribution in [2.24, 2.45) is 0 Å². The first-order valence-corrected chi connectivity index (χ1v) is 10.1. The first-order chi connectivity index (χ1) is 13.5. The van der Waals surface area contributed by atoms with Crippen LogP contribution in [0.3, 0.4) is 0 Å². The summed E-state index contributed by atoms with van der Waals surface area (Å²) in [7, 11) is 0. The number of anilines is 1. The topological polar surface area (TPSA) is 66.8 Å². The quantitative estimate of drug-likeness (QED) is 0.319. The van der Waals surface area contributed by atoms with Crippen molar-refractivity contribution in [2.75, 3.05) is 11.5 Å². The second-order valence-electron chi connectivity index (χ2n) is 6.14. The fraction of sp³-hybridized carbons (Fsp3) is 0.190. The van der Waals surface area contributed by atoms with Crippen molar-refractivity contribution < 1.29 is 19.4 Å². The first kappa shape index (κ1) is 20.1. The molecule has 1 aliphatic heterocycles. The smallest absolute Gasteiger partial charge is 0.338 e. The van der Waals surface area contributed by atoms with Gasteiger partial charge < -0.3 is 9.84 Å². The summed E-state index contributed by atoms with van der Waals surface area (Å²) < 4.78 is 5.62. The van der Waals surface area contributed by atoms with E-state index in [1.807, 2.05) is 6.92 Å². The highest BCUT2D eigenvalue weighted by Gasteiger charge is 2.33. The van der Waals surface area contributed by atoms with Crippen molar-refractivity contribution in [3.63, 3.8) is 0 Å². The SMILES string of the molecule is CCCCOC(=O)c1ccc(N2C(=O)/C(=C/c3ccc(O)cc3)SC2=S)cc1. The fourth-order valence-corrected chi connectivity index (χ4v) is 3.85. The van der Waals surface area contributed by atoms with Crippen LogP contribution in [-0.4, -0.2) is 27.9 Å². The molecule has 1 amide bonds. The zero-order valence-corrected chi connectivity index (χ0v) is 16.9. The van der Waals surface area contributed by atoms with E-state index in [4.69, 9.17) is 17.0 Å². The summed E-state index contributed by atoms with van der Waals surface area (Å²) in [6.07, 6.45) is 3.52. The van der Waals surface area contributed by atoms with Crippen molar-refractivity contribution in [3.8, 4) is 5.75 Å². The lowest BCUT2D eigenvalue weighted by Crippen LogP contribution is -2.27. The molecule has 0 aromatic heterocycles. The number of esters is 1. The Morgan fingerprint density at radius 1 is 1.18 bits per heavy atom. The van der Waals surface area contributed by atoms with Gasteiger partial charge in [-0.15, -0.1) is 0 Å². The molecule has 7 heteroatoms. The molecule has 144 valence electrons. The summed E-state index contributed by atoms with van der Waals surface area (Å²) in [5.41, 5.74) is 1.83. The Morgan fingerprint density at radius 3 is 2.50 bits per heavy atom. The number of benzene rings is 2. The van der Waals surface area contributed by atoms with Gasteiger partial charge >= 0.3 is 5.97 Å². The van der Waals surface area contributed by atoms with Crippen molar-refractivity contribution >= 4 is 51.9 Å². The molecule has 0 unspecified atom stereocenters. The molecule has 28 heavy (non-hydrogen) atoms. The Hall–Kier alpha value is -2.64. The second-order valence-corrected chi connectivity index (χ2v) is 7.82. The third-order valence-electron chi connectivity index (χ3n) is 4.08. The molecule has 1 heterocycles. The largest absolute Gasteiger partial charge is 0.508 e. The maximum Gasteiger partial charge on any atom is 0.338 e. The lowest BCUT2D eigenvalue weighted by atomic mass is 10.2. The maximum atomic E-state index is 12.8. The van der Waals surface area contributed by atoms with Gasteiger partial charge in [0, 0.05) is 0 Å². The van der Waals surface area contributed by atoms with E-state index >= 15 is 0 Å². The normalized spacial score (nSPS) is 15.3. The minimum Gasteiger partial charge on any atom is -0.508 e. The lowest BCUT2D eigenvalue weighted by Gasteiger charge is -2.14. The molecule has 0 bridgehead atoms. The zero-order valence-electron chi connectivity index (χ0n) is 15.3. The molecule has 5 nitrogen and oxygen atoms in total. The van der Waals surface area contributed by atoms with Crippen molar-refractivity contribution in [1.82, 2.24) is 0 Å². The van der Waals surface area contributed by atoms with Crippen molar-refractivity contribution in [1.29, 1.82) is 0 Å². The number of rotatable bonds is 6. The number of hydrogen-bond acceptors (Lipinski definition) is 6. The highest BCUT2D eigenvalue weighted by molar-refractivity contribution is 8.27. The van der Waals surface area contributed by atoms with E-state index in [1.54, 1.807) is 54.6 Å². The Kier molecular flexibility index (Phi) is 6.49. The zero-order chi connectivity index (χ0) is 20.1. The molecule has 1 saturated heterocycles. The van der Waals surface area contributed by atoms with Crippen LogP contribution in [0.25, 0.3) is 6.08 Å². The minimum atomic E-state index is -0.377. The predicted octanol–water partition coefficient (Wildman–Crippen LogP) is 4.75. The van der Waals surface area contributed by atoms with Gasteiger partial charge in [-0.2, -0.15) is 0 Å². The maximum absolute atomic E-state index is 12.8. The third-order valence-corrected chi connectivity index (χ3v) is 5.38. The number of carbonyl (C=O) groups is 2. The monoisotopic (exact) mass is 413 g/mol. The first-order valence-electron chi connectivity index (χ1n) is 8.84. The van der Waals surface area contributed by atoms with Crippen LogP contribution < -0.4 is 4.90 Å². The summed E-state index contributed by atoms with van der Waals surface area (Å²) in [6.45, 7) is 2.43. The van der Waals surface area contributed by atoms with Crippen molar-refractivity contribution in [3.05, 3.63) is 64.6 Å². The van der Waals surface area contributed by atoms with Crippen molar-refractivity contribution in [2.45, 2.75) is 19.8 Å². The summed E-state index contributed by atoms with van der Waals surface area (Å²) in [5, 5.41) is 9.37. The van der Waals surface area contributed by atoms with Gasteiger partial charge in [-0.3, -0.25) is 9.69 Å². The molecule has 2 aromatic carbocycles. The number of thioether (sulfide) groups is 1. The third kappa shape index (κ3) is 4.61. The van der Waals surface area contributed by atoms with Crippen LogP contribution in [-0.2, 0) is 9.53 Å². The van der Waals surface area contributed by atoms with Crippen LogP contribution in [0.15, 0.2) is 53.4 Å². The number of aromatic hydroxyl groups is 1. The average Bonchev–Trinajstić information content (AvgIpc) is 2.97. The molecule has 0 aliphatic carbocycles. The summed E-state index contributed by atoms with van der Waals surface area (Å²) >= 11 is 6.58. The Balaban J connectivity index is 1.74. The summed E-state index contributed by atoms with van der Waals surface area (Å²) in [6, 6.07) is 13.2. The number of thiocarbonyl (C=S) groups is 1. The Bertz CT molecular complexity index is 920. The standard InChI is InChI=1S/C21H19NO4S2/c1-2-3-12-26-20(25)15-6-8-16(9-7-15)22-19(24)18(28-21(22)27)13-14-4-10-17(23)11-5-14/h4-11,13,23H,2-3,12H2,1H3/b18-13-. The number of ether oxygens (including phenoxy) is 1. The number of amides is 1. The number of hydrogen-bond donors (Lipinski definition) is 1. The van der Waals surface area contributed by atoms with Crippen LogP contribution in [0.4, 0.5) is 5.69 Å². The predicted molar refractivity (Wildman–Crippen MR) is 115 cm³/mol. The molecule has 1 N–H and O–H groups in total. The van der Waals surface area contributed by atoms with Gasteiger partial charge in [-0.05, 0) is 54.5 Å². The van der Waals surface area contributed by atoms with E-state index in [0.29, 0.717) is 27.1 Å². The molecule has 0 spiro atoms. The molecule has 1 aliphatic rings. The number of phenolic OH excluding ortho intramolecular Hbond substituents is 1. The number of nitrogens with zero attached hydrogens (tertiary/aromatic N) is 1. The van der Waals surface area contributed by atoms with E-state index in [9.17, 15) is 14.7 Å². The van der Waals surface area contributed by atoms with Crippen LogP contribution in [0, 0.1) is 0 Å². The molecule has 2 aromatic rings. The van der Waals surface area contributed by atoms with E-state index in [2.05, 4.69) is 0 Å². The Morgan fingerprint density at radius 2 is 1.86 bits per heavy atom. The van der Waals surface area contributed by atoms with Crippen LogP contribution in [0.1, 0.15) is 35.7 Å². The number of carbonyl (C=O) groups excluding carboxylic acids is 2. The summed E-state index contributed by atoms with van der Waals surface area (Å²) in [5.74, 6) is -0.433. The highest BCUT2D eigenvalue weighted by atomic mass is 32.2. The highest BCUT2D eigenvalue weighted by Crippen LogP contribution is 2.36. The number of unbranched alkanes of at least 4 members (excludes halogenated alkanes) is 1. The van der Waals surface area contributed by atoms with Gasteiger partial charge in [0.1, 0.15) is 5.75 Å². The minimum absolute atomic E-state index is 0.165. The summed E-state index contributed by atoms with van der Waals surface area (Å²) in [4.78, 5) is 26.7. The van der Waals surface area contributed by atoms with Gasteiger partial charge in [-0.1, -0.05) is 49.5 Å². The molecule has 3 rings (SSSR count). The molecule has 1 fully saturated rings. The molecular formula is C21H19NO4S2. The van der Waals surface area contributed by atoms with Crippen LogP contribution in [0.2, 0.25) is 0 Å². The lowest BCUT2D eigenvalue weighted by molar-refractivity contribution is -0.113. The average molecular weight is 414 g/mol.